The van der Waals surface area contributed by atoms with Gasteiger partial charge in [-0.15, -0.1) is 0 Å². The largest absolute Gasteiger partial charge is 0.479 e. The van der Waals surface area contributed by atoms with E-state index in [9.17, 15) is 19.1 Å². The third-order valence-corrected chi connectivity index (χ3v) is 4.01. The SMILES string of the molecule is Cc1cc(C)n(C(C)CC(=O)NC(C(=O)O)c2ccc(F)c(C)c2)n1. The topological polar surface area (TPSA) is 84.2 Å². The number of benzene rings is 1. The van der Waals surface area contributed by atoms with Crippen LogP contribution < -0.4 is 5.32 Å². The summed E-state index contributed by atoms with van der Waals surface area (Å²) >= 11 is 0. The van der Waals surface area contributed by atoms with E-state index in [0.717, 1.165) is 11.4 Å². The van der Waals surface area contributed by atoms with Crippen molar-refractivity contribution in [3.05, 3.63) is 52.6 Å². The van der Waals surface area contributed by atoms with E-state index < -0.39 is 23.7 Å². The second kappa shape index (κ2) is 7.46. The van der Waals surface area contributed by atoms with E-state index in [1.807, 2.05) is 26.8 Å². The van der Waals surface area contributed by atoms with E-state index in [4.69, 9.17) is 0 Å². The van der Waals surface area contributed by atoms with Crippen LogP contribution in [0.2, 0.25) is 0 Å². The highest BCUT2D eigenvalue weighted by Gasteiger charge is 2.24. The van der Waals surface area contributed by atoms with Crippen LogP contribution in [0.5, 0.6) is 0 Å². The summed E-state index contributed by atoms with van der Waals surface area (Å²) < 4.78 is 15.1. The fourth-order valence-electron chi connectivity index (χ4n) is 2.80. The number of carbonyl (C=O) groups excluding carboxylic acids is 1. The van der Waals surface area contributed by atoms with E-state index in [1.54, 1.807) is 11.6 Å². The van der Waals surface area contributed by atoms with Crippen molar-refractivity contribution in [1.29, 1.82) is 0 Å². The van der Waals surface area contributed by atoms with Gasteiger partial charge in [-0.1, -0.05) is 12.1 Å². The molecule has 2 aromatic rings. The third kappa shape index (κ3) is 4.43. The zero-order chi connectivity index (χ0) is 18.7. The van der Waals surface area contributed by atoms with Crippen molar-refractivity contribution in [1.82, 2.24) is 15.1 Å². The van der Waals surface area contributed by atoms with Crippen LogP contribution in [0, 0.1) is 26.6 Å². The molecule has 2 N–H and O–H groups in total. The van der Waals surface area contributed by atoms with Crippen LogP contribution in [0.4, 0.5) is 4.39 Å². The molecular formula is C18H22FN3O3. The van der Waals surface area contributed by atoms with Gasteiger partial charge in [0.25, 0.3) is 0 Å². The van der Waals surface area contributed by atoms with Crippen LogP contribution in [0.15, 0.2) is 24.3 Å². The maximum atomic E-state index is 13.4. The summed E-state index contributed by atoms with van der Waals surface area (Å²) in [5.41, 5.74) is 2.45. The summed E-state index contributed by atoms with van der Waals surface area (Å²) in [5, 5.41) is 16.2. The number of nitrogens with zero attached hydrogens (tertiary/aromatic N) is 2. The number of aliphatic carboxylic acids is 1. The van der Waals surface area contributed by atoms with Crippen LogP contribution in [-0.4, -0.2) is 26.8 Å². The minimum absolute atomic E-state index is 0.0892. The molecule has 25 heavy (non-hydrogen) atoms. The predicted molar refractivity (Wildman–Crippen MR) is 90.7 cm³/mol. The van der Waals surface area contributed by atoms with Gasteiger partial charge in [0.1, 0.15) is 5.82 Å². The average Bonchev–Trinajstić information content (AvgIpc) is 2.86. The first-order chi connectivity index (χ1) is 11.7. The Morgan fingerprint density at radius 2 is 1.96 bits per heavy atom. The van der Waals surface area contributed by atoms with E-state index in [-0.39, 0.29) is 12.5 Å². The molecule has 1 aromatic heterocycles. The summed E-state index contributed by atoms with van der Waals surface area (Å²) in [6.07, 6.45) is 0.0892. The van der Waals surface area contributed by atoms with Gasteiger partial charge in [-0.2, -0.15) is 5.10 Å². The quantitative estimate of drug-likeness (QED) is 0.841. The highest BCUT2D eigenvalue weighted by molar-refractivity contribution is 5.84. The fraction of sp³-hybridized carbons (Fsp3) is 0.389. The summed E-state index contributed by atoms with van der Waals surface area (Å²) in [6.45, 7) is 7.16. The molecule has 0 bridgehead atoms. The number of carbonyl (C=O) groups is 2. The van der Waals surface area contributed by atoms with Crippen LogP contribution in [-0.2, 0) is 9.59 Å². The Hall–Kier alpha value is -2.70. The predicted octanol–water partition coefficient (Wildman–Crippen LogP) is 2.84. The summed E-state index contributed by atoms with van der Waals surface area (Å²) in [5.74, 6) is -2.02. The molecule has 1 heterocycles. The van der Waals surface area contributed by atoms with Gasteiger partial charge in [0.05, 0.1) is 11.7 Å². The minimum atomic E-state index is -1.22. The first-order valence-corrected chi connectivity index (χ1v) is 8.00. The molecular weight excluding hydrogens is 325 g/mol. The van der Waals surface area contributed by atoms with E-state index >= 15 is 0 Å². The van der Waals surface area contributed by atoms with Crippen molar-refractivity contribution in [3.63, 3.8) is 0 Å². The van der Waals surface area contributed by atoms with Crippen LogP contribution in [0.1, 0.15) is 47.9 Å². The van der Waals surface area contributed by atoms with Crippen molar-refractivity contribution < 1.29 is 19.1 Å². The molecule has 1 amide bonds. The summed E-state index contributed by atoms with van der Waals surface area (Å²) in [7, 11) is 0. The Kier molecular flexibility index (Phi) is 5.56. The summed E-state index contributed by atoms with van der Waals surface area (Å²) in [4.78, 5) is 23.8. The van der Waals surface area contributed by atoms with Gasteiger partial charge in [0.15, 0.2) is 6.04 Å². The number of carboxylic acid groups (broad SMARTS) is 1. The number of nitrogens with one attached hydrogen (secondary N) is 1. The number of rotatable bonds is 6. The Morgan fingerprint density at radius 3 is 2.48 bits per heavy atom. The number of aryl methyl sites for hydroxylation is 3. The van der Waals surface area contributed by atoms with Crippen molar-refractivity contribution in [2.45, 2.75) is 46.2 Å². The number of amides is 1. The smallest absolute Gasteiger partial charge is 0.330 e. The zero-order valence-electron chi connectivity index (χ0n) is 14.7. The number of halogens is 1. The Labute approximate surface area is 145 Å². The number of aromatic nitrogens is 2. The molecule has 0 spiro atoms. The molecule has 0 radical (unpaired) electrons. The van der Waals surface area contributed by atoms with E-state index in [1.165, 1.54) is 18.2 Å². The van der Waals surface area contributed by atoms with Crippen LogP contribution in [0.3, 0.4) is 0 Å². The maximum Gasteiger partial charge on any atom is 0.330 e. The number of hydrogen-bond acceptors (Lipinski definition) is 3. The molecule has 2 rings (SSSR count). The molecule has 7 heteroatoms. The van der Waals surface area contributed by atoms with Gasteiger partial charge in [-0.25, -0.2) is 9.18 Å². The van der Waals surface area contributed by atoms with Crippen LogP contribution in [0.25, 0.3) is 0 Å². The van der Waals surface area contributed by atoms with Crippen molar-refractivity contribution in [2.75, 3.05) is 0 Å². The molecule has 0 aliphatic rings. The summed E-state index contributed by atoms with van der Waals surface area (Å²) in [6, 6.07) is 4.48. The second-order valence-corrected chi connectivity index (χ2v) is 6.27. The first kappa shape index (κ1) is 18.6. The van der Waals surface area contributed by atoms with Gasteiger partial charge in [0.2, 0.25) is 5.91 Å². The molecule has 0 saturated carbocycles. The van der Waals surface area contributed by atoms with Gasteiger partial charge < -0.3 is 10.4 Å². The molecule has 6 nitrogen and oxygen atoms in total. The van der Waals surface area contributed by atoms with Gasteiger partial charge >= 0.3 is 5.97 Å². The molecule has 134 valence electrons. The molecule has 2 unspecified atom stereocenters. The van der Waals surface area contributed by atoms with E-state index in [0.29, 0.717) is 11.1 Å². The fourth-order valence-corrected chi connectivity index (χ4v) is 2.80. The maximum absolute atomic E-state index is 13.4. The van der Waals surface area contributed by atoms with Crippen molar-refractivity contribution in [3.8, 4) is 0 Å². The van der Waals surface area contributed by atoms with Crippen LogP contribution >= 0.6 is 0 Å². The highest BCUT2D eigenvalue weighted by atomic mass is 19.1. The van der Waals surface area contributed by atoms with Crippen molar-refractivity contribution in [2.24, 2.45) is 0 Å². The molecule has 0 aliphatic carbocycles. The monoisotopic (exact) mass is 347 g/mol. The lowest BCUT2D eigenvalue weighted by molar-refractivity contribution is -0.142. The van der Waals surface area contributed by atoms with Gasteiger partial charge in [-0.3, -0.25) is 9.48 Å². The lowest BCUT2D eigenvalue weighted by Crippen LogP contribution is -2.35. The number of carboxylic acids is 1. The second-order valence-electron chi connectivity index (χ2n) is 6.27. The van der Waals surface area contributed by atoms with Crippen molar-refractivity contribution >= 4 is 11.9 Å². The minimum Gasteiger partial charge on any atom is -0.479 e. The Balaban J connectivity index is 2.11. The zero-order valence-corrected chi connectivity index (χ0v) is 14.7. The molecule has 2 atom stereocenters. The normalized spacial score (nSPS) is 13.3. The molecule has 0 aliphatic heterocycles. The standard InChI is InChI=1S/C18H22FN3O3/c1-10-7-14(5-6-15(10)19)17(18(24)25)20-16(23)9-13(4)22-12(3)8-11(2)21-22/h5-8,13,17H,9H2,1-4H3,(H,20,23)(H,24,25). The molecule has 0 fully saturated rings. The first-order valence-electron chi connectivity index (χ1n) is 8.00. The molecule has 1 aromatic carbocycles. The average molecular weight is 347 g/mol. The lowest BCUT2D eigenvalue weighted by atomic mass is 10.0. The third-order valence-electron chi connectivity index (χ3n) is 4.01. The van der Waals surface area contributed by atoms with E-state index in [2.05, 4.69) is 10.4 Å². The molecule has 0 saturated heterocycles. The Bertz CT molecular complexity index is 801. The lowest BCUT2D eigenvalue weighted by Gasteiger charge is -2.18. The van der Waals surface area contributed by atoms with Gasteiger partial charge in [-0.05, 0) is 51.0 Å². The Morgan fingerprint density at radius 1 is 1.28 bits per heavy atom. The van der Waals surface area contributed by atoms with Gasteiger partial charge in [0, 0.05) is 12.1 Å². The number of hydrogen-bond donors (Lipinski definition) is 2. The highest BCUT2D eigenvalue weighted by Crippen LogP contribution is 2.19.